The number of hydrogen-bond donors (Lipinski definition) is 1. The largest absolute Gasteiger partial charge is 0.490 e. The molecule has 0 aromatic heterocycles. The van der Waals surface area contributed by atoms with E-state index >= 15 is 0 Å². The fourth-order valence-corrected chi connectivity index (χ4v) is 1.25. The Morgan fingerprint density at radius 3 is 2.75 bits per heavy atom. The summed E-state index contributed by atoms with van der Waals surface area (Å²) in [5.74, 6) is 3.46. The number of nitrogens with one attached hydrogen (secondary N) is 1. The lowest BCUT2D eigenvalue weighted by molar-refractivity contribution is 0.363. The van der Waals surface area contributed by atoms with E-state index in [0.29, 0.717) is 6.61 Å². The first-order valence-electron chi connectivity index (χ1n) is 5.33. The van der Waals surface area contributed by atoms with Gasteiger partial charge < -0.3 is 10.1 Å². The van der Waals surface area contributed by atoms with Crippen molar-refractivity contribution >= 4 is 0 Å². The molecule has 0 aliphatic rings. The molecular formula is C14H17NO. The fraction of sp³-hybridized carbons (Fsp3) is 0.286. The standard InChI is InChI=1S/C14H17NO/c1-3-5-10-15-12-13-6-8-14(9-7-13)16-11-4-2/h1,4,6-9,15H,2,5,10-12H2. The van der Waals surface area contributed by atoms with Gasteiger partial charge in [0.25, 0.3) is 0 Å². The Morgan fingerprint density at radius 2 is 2.12 bits per heavy atom. The van der Waals surface area contributed by atoms with E-state index in [0.717, 1.165) is 25.3 Å². The zero-order chi connectivity index (χ0) is 11.6. The molecule has 1 aromatic rings. The highest BCUT2D eigenvalue weighted by molar-refractivity contribution is 5.27. The predicted molar refractivity (Wildman–Crippen MR) is 67.3 cm³/mol. The second-order valence-corrected chi connectivity index (χ2v) is 3.37. The van der Waals surface area contributed by atoms with Crippen LogP contribution < -0.4 is 10.1 Å². The molecule has 0 unspecified atom stereocenters. The molecule has 0 fully saturated rings. The Kier molecular flexibility index (Phi) is 5.83. The summed E-state index contributed by atoms with van der Waals surface area (Å²) in [6.07, 6.45) is 7.66. The molecule has 1 rings (SSSR count). The van der Waals surface area contributed by atoms with Crippen molar-refractivity contribution in [3.63, 3.8) is 0 Å². The monoisotopic (exact) mass is 215 g/mol. The Morgan fingerprint density at radius 1 is 1.38 bits per heavy atom. The van der Waals surface area contributed by atoms with Crippen LogP contribution in [0.3, 0.4) is 0 Å². The first-order valence-corrected chi connectivity index (χ1v) is 5.33. The predicted octanol–water partition coefficient (Wildman–Crippen LogP) is 2.36. The molecule has 2 nitrogen and oxygen atoms in total. The average Bonchev–Trinajstić information content (AvgIpc) is 2.33. The summed E-state index contributed by atoms with van der Waals surface area (Å²) in [4.78, 5) is 0. The molecule has 0 bridgehead atoms. The Hall–Kier alpha value is -1.72. The summed E-state index contributed by atoms with van der Waals surface area (Å²) < 4.78 is 5.39. The third-order valence-corrected chi connectivity index (χ3v) is 2.07. The molecule has 0 heterocycles. The quantitative estimate of drug-likeness (QED) is 0.428. The normalized spacial score (nSPS) is 9.44. The maximum absolute atomic E-state index is 5.39. The highest BCUT2D eigenvalue weighted by Crippen LogP contribution is 2.11. The summed E-state index contributed by atoms with van der Waals surface area (Å²) in [6, 6.07) is 8.01. The second-order valence-electron chi connectivity index (χ2n) is 3.37. The lowest BCUT2D eigenvalue weighted by Crippen LogP contribution is -2.13. The van der Waals surface area contributed by atoms with E-state index in [1.54, 1.807) is 6.08 Å². The highest BCUT2D eigenvalue weighted by Gasteiger charge is 1.94. The lowest BCUT2D eigenvalue weighted by Gasteiger charge is -2.05. The minimum atomic E-state index is 0.541. The lowest BCUT2D eigenvalue weighted by atomic mass is 10.2. The van der Waals surface area contributed by atoms with Crippen molar-refractivity contribution in [2.75, 3.05) is 13.2 Å². The fourth-order valence-electron chi connectivity index (χ4n) is 1.25. The molecule has 1 N–H and O–H groups in total. The van der Waals surface area contributed by atoms with Crippen molar-refractivity contribution in [2.45, 2.75) is 13.0 Å². The summed E-state index contributed by atoms with van der Waals surface area (Å²) in [7, 11) is 0. The van der Waals surface area contributed by atoms with Crippen LogP contribution in [0.5, 0.6) is 5.75 Å². The van der Waals surface area contributed by atoms with E-state index in [1.807, 2.05) is 24.3 Å². The van der Waals surface area contributed by atoms with Gasteiger partial charge in [0.2, 0.25) is 0 Å². The van der Waals surface area contributed by atoms with Crippen LogP contribution in [-0.4, -0.2) is 13.2 Å². The Bertz CT molecular complexity index is 348. The summed E-state index contributed by atoms with van der Waals surface area (Å²) >= 11 is 0. The van der Waals surface area contributed by atoms with Crippen LogP contribution in [-0.2, 0) is 6.54 Å². The van der Waals surface area contributed by atoms with Crippen molar-refractivity contribution in [2.24, 2.45) is 0 Å². The van der Waals surface area contributed by atoms with Crippen molar-refractivity contribution in [3.05, 3.63) is 42.5 Å². The van der Waals surface area contributed by atoms with E-state index < -0.39 is 0 Å². The summed E-state index contributed by atoms with van der Waals surface area (Å²) in [5.41, 5.74) is 1.22. The van der Waals surface area contributed by atoms with Gasteiger partial charge in [-0.05, 0) is 17.7 Å². The number of benzene rings is 1. The highest BCUT2D eigenvalue weighted by atomic mass is 16.5. The third kappa shape index (κ3) is 4.68. The van der Waals surface area contributed by atoms with Crippen molar-refractivity contribution in [3.8, 4) is 18.1 Å². The van der Waals surface area contributed by atoms with E-state index in [1.165, 1.54) is 5.56 Å². The molecule has 84 valence electrons. The summed E-state index contributed by atoms with van der Waals surface area (Å²) in [5, 5.41) is 3.27. The smallest absolute Gasteiger partial charge is 0.119 e. The van der Waals surface area contributed by atoms with Gasteiger partial charge in [0.05, 0.1) is 0 Å². The number of ether oxygens (including phenoxy) is 1. The minimum absolute atomic E-state index is 0.541. The first kappa shape index (κ1) is 12.4. The molecular weight excluding hydrogens is 198 g/mol. The average molecular weight is 215 g/mol. The van der Waals surface area contributed by atoms with Gasteiger partial charge in [-0.25, -0.2) is 0 Å². The van der Waals surface area contributed by atoms with Crippen molar-refractivity contribution in [1.29, 1.82) is 0 Å². The van der Waals surface area contributed by atoms with Gasteiger partial charge in [-0.1, -0.05) is 24.8 Å². The zero-order valence-electron chi connectivity index (χ0n) is 9.41. The number of hydrogen-bond acceptors (Lipinski definition) is 2. The molecule has 0 saturated heterocycles. The van der Waals surface area contributed by atoms with Crippen LogP contribution in [0.15, 0.2) is 36.9 Å². The molecule has 0 saturated carbocycles. The molecule has 0 atom stereocenters. The number of rotatable bonds is 7. The molecule has 1 aromatic carbocycles. The first-order chi connectivity index (χ1) is 7.86. The van der Waals surface area contributed by atoms with Crippen LogP contribution in [0, 0.1) is 12.3 Å². The molecule has 0 spiro atoms. The maximum Gasteiger partial charge on any atom is 0.119 e. The van der Waals surface area contributed by atoms with E-state index in [-0.39, 0.29) is 0 Å². The minimum Gasteiger partial charge on any atom is -0.490 e. The van der Waals surface area contributed by atoms with Crippen molar-refractivity contribution in [1.82, 2.24) is 5.32 Å². The SMILES string of the molecule is C#CCCNCc1ccc(OCC=C)cc1. The Labute approximate surface area is 97.3 Å². The third-order valence-electron chi connectivity index (χ3n) is 2.07. The van der Waals surface area contributed by atoms with E-state index in [2.05, 4.69) is 17.8 Å². The van der Waals surface area contributed by atoms with Gasteiger partial charge in [0.15, 0.2) is 0 Å². The van der Waals surface area contributed by atoms with Gasteiger partial charge in [0, 0.05) is 19.5 Å². The Balaban J connectivity index is 2.33. The molecule has 0 aliphatic carbocycles. The van der Waals surface area contributed by atoms with Gasteiger partial charge in [0.1, 0.15) is 12.4 Å². The number of terminal acetylenes is 1. The zero-order valence-corrected chi connectivity index (χ0v) is 9.41. The topological polar surface area (TPSA) is 21.3 Å². The van der Waals surface area contributed by atoms with Crippen molar-refractivity contribution < 1.29 is 4.74 Å². The molecule has 2 heteroatoms. The van der Waals surface area contributed by atoms with Crippen LogP contribution in [0.1, 0.15) is 12.0 Å². The molecule has 0 radical (unpaired) electrons. The van der Waals surface area contributed by atoms with Crippen LogP contribution in [0.4, 0.5) is 0 Å². The van der Waals surface area contributed by atoms with Gasteiger partial charge >= 0.3 is 0 Å². The molecule has 0 aliphatic heterocycles. The van der Waals surface area contributed by atoms with Crippen LogP contribution in [0.25, 0.3) is 0 Å². The van der Waals surface area contributed by atoms with E-state index in [4.69, 9.17) is 11.2 Å². The van der Waals surface area contributed by atoms with E-state index in [9.17, 15) is 0 Å². The van der Waals surface area contributed by atoms with Crippen LogP contribution in [0.2, 0.25) is 0 Å². The molecule has 16 heavy (non-hydrogen) atoms. The maximum atomic E-state index is 5.39. The molecule has 0 amide bonds. The van der Waals surface area contributed by atoms with Crippen LogP contribution >= 0.6 is 0 Å². The van der Waals surface area contributed by atoms with Gasteiger partial charge in [-0.15, -0.1) is 12.3 Å². The van der Waals surface area contributed by atoms with Gasteiger partial charge in [-0.2, -0.15) is 0 Å². The van der Waals surface area contributed by atoms with Gasteiger partial charge in [-0.3, -0.25) is 0 Å². The summed E-state index contributed by atoms with van der Waals surface area (Å²) in [6.45, 7) is 5.83. The second kappa shape index (κ2) is 7.56.